The Labute approximate surface area is 130 Å². The minimum atomic E-state index is -0.185. The quantitative estimate of drug-likeness (QED) is 0.805. The van der Waals surface area contributed by atoms with Gasteiger partial charge in [0.05, 0.1) is 6.61 Å². The highest BCUT2D eigenvalue weighted by Crippen LogP contribution is 2.05. The van der Waals surface area contributed by atoms with Crippen LogP contribution in [0.15, 0.2) is 42.7 Å². The molecular weight excluding hydrogens is 280 g/mol. The van der Waals surface area contributed by atoms with Crippen molar-refractivity contribution in [3.05, 3.63) is 54.1 Å². The van der Waals surface area contributed by atoms with E-state index in [4.69, 9.17) is 5.11 Å². The van der Waals surface area contributed by atoms with Gasteiger partial charge in [0.15, 0.2) is 0 Å². The van der Waals surface area contributed by atoms with Gasteiger partial charge < -0.3 is 19.9 Å². The van der Waals surface area contributed by atoms with E-state index in [0.717, 1.165) is 12.4 Å². The molecule has 0 aliphatic rings. The van der Waals surface area contributed by atoms with Gasteiger partial charge in [0.25, 0.3) is 0 Å². The van der Waals surface area contributed by atoms with Crippen molar-refractivity contribution in [2.45, 2.75) is 13.0 Å². The van der Waals surface area contributed by atoms with E-state index in [1.807, 2.05) is 24.4 Å². The molecule has 2 amide bonds. The number of urea groups is 1. The average molecular weight is 302 g/mol. The molecule has 1 aromatic carbocycles. The van der Waals surface area contributed by atoms with Crippen LogP contribution in [0.4, 0.5) is 4.79 Å². The summed E-state index contributed by atoms with van der Waals surface area (Å²) in [5.74, 6) is 0.939. The van der Waals surface area contributed by atoms with E-state index < -0.39 is 0 Å². The number of carbonyl (C=O) groups excluding carboxylic acids is 1. The number of likely N-dealkylation sites (N-methyl/N-ethyl adjacent to an activating group) is 1. The average Bonchev–Trinajstić information content (AvgIpc) is 2.95. The number of hydrogen-bond acceptors (Lipinski definition) is 3. The summed E-state index contributed by atoms with van der Waals surface area (Å²) in [5.41, 5.74) is 1.22. The number of amides is 2. The zero-order chi connectivity index (χ0) is 15.8. The third-order valence-corrected chi connectivity index (χ3v) is 3.40. The maximum absolute atomic E-state index is 11.7. The molecule has 0 spiro atoms. The standard InChI is InChI=1S/C16H22N4O2/c1-19(11-12-21)16(22)18-8-7-15-17-9-10-20(15)13-14-5-3-2-4-6-14/h2-6,9-10,21H,7-8,11-13H2,1H3,(H,18,22). The van der Waals surface area contributed by atoms with Crippen molar-refractivity contribution in [1.29, 1.82) is 0 Å². The molecule has 0 saturated heterocycles. The summed E-state index contributed by atoms with van der Waals surface area (Å²) >= 11 is 0. The highest BCUT2D eigenvalue weighted by atomic mass is 16.3. The fourth-order valence-electron chi connectivity index (χ4n) is 2.16. The zero-order valence-electron chi connectivity index (χ0n) is 12.8. The topological polar surface area (TPSA) is 70.4 Å². The minimum absolute atomic E-state index is 0.0363. The molecule has 2 N–H and O–H groups in total. The number of aliphatic hydroxyl groups excluding tert-OH is 1. The lowest BCUT2D eigenvalue weighted by Gasteiger charge is -2.16. The van der Waals surface area contributed by atoms with E-state index >= 15 is 0 Å². The molecular formula is C16H22N4O2. The molecule has 118 valence electrons. The number of aromatic nitrogens is 2. The minimum Gasteiger partial charge on any atom is -0.395 e. The predicted molar refractivity (Wildman–Crippen MR) is 84.6 cm³/mol. The molecule has 0 fully saturated rings. The van der Waals surface area contributed by atoms with Crippen LogP contribution in [-0.4, -0.2) is 52.3 Å². The normalized spacial score (nSPS) is 10.5. The third kappa shape index (κ3) is 4.60. The lowest BCUT2D eigenvalue weighted by Crippen LogP contribution is -2.39. The number of aliphatic hydroxyl groups is 1. The molecule has 0 aliphatic heterocycles. The Morgan fingerprint density at radius 3 is 2.86 bits per heavy atom. The van der Waals surface area contributed by atoms with E-state index in [0.29, 0.717) is 19.5 Å². The second-order valence-electron chi connectivity index (χ2n) is 5.08. The van der Waals surface area contributed by atoms with Crippen molar-refractivity contribution in [2.24, 2.45) is 0 Å². The van der Waals surface area contributed by atoms with Crippen LogP contribution in [0.1, 0.15) is 11.4 Å². The maximum atomic E-state index is 11.7. The Morgan fingerprint density at radius 1 is 1.36 bits per heavy atom. The number of hydrogen-bond donors (Lipinski definition) is 2. The van der Waals surface area contributed by atoms with E-state index in [9.17, 15) is 4.79 Å². The van der Waals surface area contributed by atoms with Gasteiger partial charge >= 0.3 is 6.03 Å². The van der Waals surface area contributed by atoms with Gasteiger partial charge in [-0.3, -0.25) is 0 Å². The Balaban J connectivity index is 1.84. The van der Waals surface area contributed by atoms with Crippen LogP contribution >= 0.6 is 0 Å². The van der Waals surface area contributed by atoms with Crippen LogP contribution in [-0.2, 0) is 13.0 Å². The number of nitrogens with zero attached hydrogens (tertiary/aromatic N) is 3. The van der Waals surface area contributed by atoms with Crippen LogP contribution in [0.2, 0.25) is 0 Å². The van der Waals surface area contributed by atoms with Crippen molar-refractivity contribution in [3.8, 4) is 0 Å². The number of imidazole rings is 1. The molecule has 22 heavy (non-hydrogen) atoms. The molecule has 0 aliphatic carbocycles. The third-order valence-electron chi connectivity index (χ3n) is 3.40. The molecule has 1 heterocycles. The summed E-state index contributed by atoms with van der Waals surface area (Å²) in [6, 6.07) is 10.0. The van der Waals surface area contributed by atoms with Crippen LogP contribution in [0.5, 0.6) is 0 Å². The van der Waals surface area contributed by atoms with Crippen LogP contribution in [0.25, 0.3) is 0 Å². The van der Waals surface area contributed by atoms with Crippen molar-refractivity contribution >= 4 is 6.03 Å². The molecule has 1 aromatic heterocycles. The lowest BCUT2D eigenvalue weighted by atomic mass is 10.2. The van der Waals surface area contributed by atoms with Crippen LogP contribution < -0.4 is 5.32 Å². The van der Waals surface area contributed by atoms with E-state index in [1.54, 1.807) is 13.2 Å². The molecule has 6 heteroatoms. The Bertz CT molecular complexity index is 583. The molecule has 2 aromatic rings. The van der Waals surface area contributed by atoms with Gasteiger partial charge in [-0.1, -0.05) is 30.3 Å². The van der Waals surface area contributed by atoms with Crippen molar-refractivity contribution < 1.29 is 9.90 Å². The summed E-state index contributed by atoms with van der Waals surface area (Å²) in [7, 11) is 1.65. The monoisotopic (exact) mass is 302 g/mol. The van der Waals surface area contributed by atoms with E-state index in [-0.39, 0.29) is 12.6 Å². The van der Waals surface area contributed by atoms with E-state index in [1.165, 1.54) is 10.5 Å². The lowest BCUT2D eigenvalue weighted by molar-refractivity contribution is 0.190. The number of rotatable bonds is 7. The van der Waals surface area contributed by atoms with Gasteiger partial charge in [-0.25, -0.2) is 9.78 Å². The van der Waals surface area contributed by atoms with Gasteiger partial charge in [-0.15, -0.1) is 0 Å². The number of nitrogens with one attached hydrogen (secondary N) is 1. The first kappa shape index (κ1) is 16.0. The number of carbonyl (C=O) groups is 1. The van der Waals surface area contributed by atoms with Crippen molar-refractivity contribution in [1.82, 2.24) is 19.8 Å². The zero-order valence-corrected chi connectivity index (χ0v) is 12.8. The van der Waals surface area contributed by atoms with Crippen LogP contribution in [0, 0.1) is 0 Å². The smallest absolute Gasteiger partial charge is 0.317 e. The highest BCUT2D eigenvalue weighted by molar-refractivity contribution is 5.73. The molecule has 2 rings (SSSR count). The summed E-state index contributed by atoms with van der Waals surface area (Å²) < 4.78 is 2.08. The first-order valence-corrected chi connectivity index (χ1v) is 7.34. The summed E-state index contributed by atoms with van der Waals surface area (Å²) in [5, 5.41) is 11.6. The van der Waals surface area contributed by atoms with Crippen molar-refractivity contribution in [2.75, 3.05) is 26.7 Å². The summed E-state index contributed by atoms with van der Waals surface area (Å²) in [6.07, 6.45) is 4.39. The SMILES string of the molecule is CN(CCO)C(=O)NCCc1nccn1Cc1ccccc1. The van der Waals surface area contributed by atoms with Gasteiger partial charge in [0.1, 0.15) is 5.82 Å². The largest absolute Gasteiger partial charge is 0.395 e. The first-order chi connectivity index (χ1) is 10.7. The van der Waals surface area contributed by atoms with Crippen LogP contribution in [0.3, 0.4) is 0 Å². The second-order valence-corrected chi connectivity index (χ2v) is 5.08. The predicted octanol–water partition coefficient (Wildman–Crippen LogP) is 1.11. The summed E-state index contributed by atoms with van der Waals surface area (Å²) in [6.45, 7) is 1.58. The molecule has 0 radical (unpaired) electrons. The Kier molecular flexibility index (Phi) is 5.97. The molecule has 6 nitrogen and oxygen atoms in total. The maximum Gasteiger partial charge on any atom is 0.317 e. The van der Waals surface area contributed by atoms with Crippen molar-refractivity contribution in [3.63, 3.8) is 0 Å². The summed E-state index contributed by atoms with van der Waals surface area (Å²) in [4.78, 5) is 17.5. The second kappa shape index (κ2) is 8.19. The number of benzene rings is 1. The first-order valence-electron chi connectivity index (χ1n) is 7.34. The fourth-order valence-corrected chi connectivity index (χ4v) is 2.16. The van der Waals surface area contributed by atoms with Gasteiger partial charge in [0.2, 0.25) is 0 Å². The fraction of sp³-hybridized carbons (Fsp3) is 0.375. The highest BCUT2D eigenvalue weighted by Gasteiger charge is 2.08. The van der Waals surface area contributed by atoms with Gasteiger partial charge in [0, 0.05) is 45.5 Å². The molecule has 0 saturated carbocycles. The molecule has 0 bridgehead atoms. The molecule has 0 atom stereocenters. The Morgan fingerprint density at radius 2 is 2.14 bits per heavy atom. The van der Waals surface area contributed by atoms with Gasteiger partial charge in [-0.2, -0.15) is 0 Å². The Hall–Kier alpha value is -2.34. The molecule has 0 unspecified atom stereocenters. The van der Waals surface area contributed by atoms with E-state index in [2.05, 4.69) is 27.0 Å². The van der Waals surface area contributed by atoms with Gasteiger partial charge in [-0.05, 0) is 5.56 Å².